The van der Waals surface area contributed by atoms with Crippen LogP contribution in [-0.4, -0.2) is 81.4 Å². The SMILES string of the molecule is Cc1csc(=S)n1CC(=O)NC(C(=O)NC1C(=O)N2C(C(=O)O)=C(CSc3nnnn3C)CS[C@H]12)c1ccccc1. The number of aliphatic carboxylic acids is 1. The van der Waals surface area contributed by atoms with Gasteiger partial charge in [-0.05, 0) is 40.7 Å². The molecular formula is C24H24N8O5S4. The van der Waals surface area contributed by atoms with Gasteiger partial charge < -0.3 is 20.3 Å². The fourth-order valence-corrected chi connectivity index (χ4v) is 7.84. The van der Waals surface area contributed by atoms with Crippen LogP contribution in [0, 0.1) is 10.9 Å². The van der Waals surface area contributed by atoms with Gasteiger partial charge in [0.1, 0.15) is 29.7 Å². The highest BCUT2D eigenvalue weighted by molar-refractivity contribution is 8.01. The third kappa shape index (κ3) is 5.93. The van der Waals surface area contributed by atoms with Crippen molar-refractivity contribution < 1.29 is 24.3 Å². The Morgan fingerprint density at radius 2 is 2.02 bits per heavy atom. The standard InChI is InChI=1S/C24H24N8O5S4/c1-12-9-41-24(38)31(12)8-15(33)25-16(13-6-4-3-5-7-13)19(34)26-17-20(35)32-18(22(36)37)14(10-39-21(17)32)11-40-23-27-28-29-30(23)2/h3-7,9,16-17,21H,8,10-11H2,1-2H3,(H,25,33)(H,26,34)(H,36,37)/t16?,17?,21-/m1/s1. The second-order valence-corrected chi connectivity index (χ2v) is 12.7. The Bertz CT molecular complexity index is 1600. The summed E-state index contributed by atoms with van der Waals surface area (Å²) in [6.07, 6.45) is 0. The smallest absolute Gasteiger partial charge is 0.352 e. The van der Waals surface area contributed by atoms with E-state index in [2.05, 4.69) is 26.2 Å². The number of carboxylic acid groups (broad SMARTS) is 1. The largest absolute Gasteiger partial charge is 0.477 e. The molecular weight excluding hydrogens is 609 g/mol. The zero-order chi connectivity index (χ0) is 29.3. The third-order valence-corrected chi connectivity index (χ3v) is 10.3. The number of hydrogen-bond acceptors (Lipinski definition) is 11. The predicted molar refractivity (Wildman–Crippen MR) is 154 cm³/mol. The molecule has 2 aromatic heterocycles. The van der Waals surface area contributed by atoms with Crippen molar-refractivity contribution in [3.8, 4) is 0 Å². The molecule has 0 aliphatic carbocycles. The van der Waals surface area contributed by atoms with Crippen molar-refractivity contribution in [2.45, 2.75) is 36.1 Å². The molecule has 2 aliphatic heterocycles. The fraction of sp³-hybridized carbons (Fsp3) is 0.333. The van der Waals surface area contributed by atoms with Crippen LogP contribution in [0.3, 0.4) is 0 Å². The number of aromatic nitrogens is 5. The van der Waals surface area contributed by atoms with Crippen LogP contribution in [0.25, 0.3) is 0 Å². The molecule has 214 valence electrons. The normalized spacial score (nSPS) is 18.9. The first-order valence-electron chi connectivity index (χ1n) is 12.2. The number of nitrogens with zero attached hydrogens (tertiary/aromatic N) is 6. The zero-order valence-corrected chi connectivity index (χ0v) is 25.0. The zero-order valence-electron chi connectivity index (χ0n) is 21.7. The fourth-order valence-electron chi connectivity index (χ4n) is 4.42. The van der Waals surface area contributed by atoms with Gasteiger partial charge in [0.2, 0.25) is 17.0 Å². The number of nitrogens with one attached hydrogen (secondary N) is 2. The highest BCUT2D eigenvalue weighted by Crippen LogP contribution is 2.41. The summed E-state index contributed by atoms with van der Waals surface area (Å²) >= 11 is 9.27. The number of fused-ring (bicyclic) bond motifs is 1. The minimum atomic E-state index is -1.23. The predicted octanol–water partition coefficient (Wildman–Crippen LogP) is 1.50. The quantitative estimate of drug-likeness (QED) is 0.169. The van der Waals surface area contributed by atoms with Gasteiger partial charge in [-0.15, -0.1) is 28.2 Å². The lowest BCUT2D eigenvalue weighted by Crippen LogP contribution is -2.71. The minimum Gasteiger partial charge on any atom is -0.477 e. The highest BCUT2D eigenvalue weighted by Gasteiger charge is 2.54. The van der Waals surface area contributed by atoms with Crippen molar-refractivity contribution in [1.82, 2.24) is 40.3 Å². The summed E-state index contributed by atoms with van der Waals surface area (Å²) in [5.74, 6) is -2.12. The van der Waals surface area contributed by atoms with Crippen LogP contribution < -0.4 is 10.6 Å². The molecule has 5 rings (SSSR count). The van der Waals surface area contributed by atoms with E-state index in [4.69, 9.17) is 12.2 Å². The van der Waals surface area contributed by atoms with Gasteiger partial charge in [0.15, 0.2) is 3.95 Å². The Hall–Kier alpha value is -3.54. The van der Waals surface area contributed by atoms with Crippen molar-refractivity contribution in [3.05, 3.63) is 62.2 Å². The van der Waals surface area contributed by atoms with Crippen LogP contribution in [-0.2, 0) is 32.8 Å². The van der Waals surface area contributed by atoms with Gasteiger partial charge in [0.05, 0.1) is 0 Å². The van der Waals surface area contributed by atoms with Gasteiger partial charge in [0, 0.05) is 29.6 Å². The lowest BCUT2D eigenvalue weighted by molar-refractivity contribution is -0.151. The average molecular weight is 633 g/mol. The van der Waals surface area contributed by atoms with Crippen LogP contribution >= 0.6 is 47.1 Å². The van der Waals surface area contributed by atoms with Crippen LogP contribution in [0.15, 0.2) is 52.1 Å². The molecule has 0 spiro atoms. The summed E-state index contributed by atoms with van der Waals surface area (Å²) in [5, 5.41) is 28.5. The van der Waals surface area contributed by atoms with E-state index in [0.29, 0.717) is 26.0 Å². The van der Waals surface area contributed by atoms with E-state index in [1.807, 2.05) is 12.3 Å². The summed E-state index contributed by atoms with van der Waals surface area (Å²) in [4.78, 5) is 53.1. The van der Waals surface area contributed by atoms with E-state index < -0.39 is 41.1 Å². The van der Waals surface area contributed by atoms with Crippen LogP contribution in [0.1, 0.15) is 17.3 Å². The number of thioether (sulfide) groups is 2. The molecule has 3 aromatic rings. The van der Waals surface area contributed by atoms with E-state index in [1.54, 1.807) is 41.9 Å². The van der Waals surface area contributed by atoms with Gasteiger partial charge in [-0.1, -0.05) is 42.1 Å². The van der Waals surface area contributed by atoms with E-state index in [1.165, 1.54) is 44.4 Å². The molecule has 17 heteroatoms. The topological polar surface area (TPSA) is 164 Å². The molecule has 0 bridgehead atoms. The Morgan fingerprint density at radius 3 is 2.66 bits per heavy atom. The number of carbonyl (C=O) groups is 4. The van der Waals surface area contributed by atoms with Gasteiger partial charge in [-0.3, -0.25) is 19.3 Å². The molecule has 41 heavy (non-hydrogen) atoms. The molecule has 0 saturated carbocycles. The van der Waals surface area contributed by atoms with Gasteiger partial charge in [0.25, 0.3) is 5.91 Å². The van der Waals surface area contributed by atoms with Crippen molar-refractivity contribution in [2.24, 2.45) is 7.05 Å². The molecule has 0 radical (unpaired) electrons. The maximum atomic E-state index is 13.5. The van der Waals surface area contributed by atoms with Crippen molar-refractivity contribution >= 4 is 70.8 Å². The van der Waals surface area contributed by atoms with E-state index in [-0.39, 0.29) is 18.0 Å². The highest BCUT2D eigenvalue weighted by atomic mass is 32.2. The minimum absolute atomic E-state index is 0.0582. The first-order chi connectivity index (χ1) is 19.7. The molecule has 3 amide bonds. The maximum Gasteiger partial charge on any atom is 0.352 e. The molecule has 1 fully saturated rings. The van der Waals surface area contributed by atoms with Crippen LogP contribution in [0.2, 0.25) is 0 Å². The number of β-lactam (4-membered cyclic amide) rings is 1. The van der Waals surface area contributed by atoms with Gasteiger partial charge in [-0.25, -0.2) is 9.48 Å². The first-order valence-corrected chi connectivity index (χ1v) is 15.5. The lowest BCUT2D eigenvalue weighted by atomic mass is 10.0. The Balaban J connectivity index is 1.30. The van der Waals surface area contributed by atoms with Crippen molar-refractivity contribution in [3.63, 3.8) is 0 Å². The van der Waals surface area contributed by atoms with Crippen LogP contribution in [0.5, 0.6) is 0 Å². The molecule has 13 nitrogen and oxygen atoms in total. The van der Waals surface area contributed by atoms with Gasteiger partial charge >= 0.3 is 5.97 Å². The molecule has 3 N–H and O–H groups in total. The van der Waals surface area contributed by atoms with Crippen molar-refractivity contribution in [1.29, 1.82) is 0 Å². The summed E-state index contributed by atoms with van der Waals surface area (Å²) < 4.78 is 3.70. The number of carboxylic acids is 1. The number of thiazole rings is 1. The van der Waals surface area contributed by atoms with Gasteiger partial charge in [-0.2, -0.15) is 0 Å². The second kappa shape index (κ2) is 12.1. The number of hydrogen-bond donors (Lipinski definition) is 3. The Labute approximate surface area is 251 Å². The number of amides is 3. The lowest BCUT2D eigenvalue weighted by Gasteiger charge is -2.49. The molecule has 3 atom stereocenters. The number of tetrazole rings is 1. The average Bonchev–Trinajstić information content (AvgIpc) is 3.52. The number of aryl methyl sites for hydroxylation is 2. The molecule has 2 unspecified atom stereocenters. The maximum absolute atomic E-state index is 13.5. The molecule has 2 aliphatic rings. The van der Waals surface area contributed by atoms with E-state index >= 15 is 0 Å². The summed E-state index contributed by atoms with van der Waals surface area (Å²) in [7, 11) is 1.68. The Kier molecular flexibility index (Phi) is 8.58. The third-order valence-electron chi connectivity index (χ3n) is 6.48. The second-order valence-electron chi connectivity index (χ2n) is 9.17. The summed E-state index contributed by atoms with van der Waals surface area (Å²) in [6.45, 7) is 1.78. The first kappa shape index (κ1) is 29.0. The van der Waals surface area contributed by atoms with Crippen molar-refractivity contribution in [2.75, 3.05) is 11.5 Å². The molecule has 1 saturated heterocycles. The number of benzene rings is 1. The molecule has 4 heterocycles. The van der Waals surface area contributed by atoms with E-state index in [0.717, 1.165) is 5.69 Å². The van der Waals surface area contributed by atoms with E-state index in [9.17, 15) is 24.3 Å². The summed E-state index contributed by atoms with van der Waals surface area (Å²) in [5.41, 5.74) is 1.83. The Morgan fingerprint density at radius 1 is 1.27 bits per heavy atom. The molecule has 1 aromatic carbocycles. The van der Waals surface area contributed by atoms with Crippen LogP contribution in [0.4, 0.5) is 0 Å². The number of carbonyl (C=O) groups excluding carboxylic acids is 3. The summed E-state index contributed by atoms with van der Waals surface area (Å²) in [6, 6.07) is 6.67. The number of rotatable bonds is 10. The monoisotopic (exact) mass is 632 g/mol.